The summed E-state index contributed by atoms with van der Waals surface area (Å²) in [6, 6.07) is 0. The fourth-order valence-electron chi connectivity index (χ4n) is 2.26. The van der Waals surface area contributed by atoms with Crippen molar-refractivity contribution in [2.45, 2.75) is 45.6 Å². The molecule has 0 aromatic heterocycles. The molecule has 0 aromatic rings. The van der Waals surface area contributed by atoms with E-state index >= 15 is 0 Å². The summed E-state index contributed by atoms with van der Waals surface area (Å²) in [6.45, 7) is 4.24. The third-order valence-corrected chi connectivity index (χ3v) is 2.93. The molecule has 0 aromatic carbocycles. The van der Waals surface area contributed by atoms with Gasteiger partial charge in [-0.15, -0.1) is 0 Å². The fraction of sp³-hybridized carbons (Fsp3) is 0.909. The molecule has 76 valence electrons. The number of hydrogen-bond acceptors (Lipinski definition) is 2. The molecule has 0 spiro atoms. The second-order valence-corrected chi connectivity index (χ2v) is 4.26. The van der Waals surface area contributed by atoms with Gasteiger partial charge in [-0.3, -0.25) is 4.79 Å². The van der Waals surface area contributed by atoms with Crippen molar-refractivity contribution in [3.05, 3.63) is 0 Å². The monoisotopic (exact) mass is 184 g/mol. The van der Waals surface area contributed by atoms with Crippen LogP contribution >= 0.6 is 0 Å². The molecular formula is C11H20O2. The molecule has 1 aliphatic rings. The van der Waals surface area contributed by atoms with Crippen LogP contribution in [0.4, 0.5) is 0 Å². The van der Waals surface area contributed by atoms with Crippen LogP contribution in [-0.2, 0) is 9.53 Å². The highest BCUT2D eigenvalue weighted by molar-refractivity contribution is 5.82. The maximum atomic E-state index is 11.6. The Balaban J connectivity index is 2.60. The first-order valence-electron chi connectivity index (χ1n) is 5.22. The van der Waals surface area contributed by atoms with Crippen molar-refractivity contribution < 1.29 is 9.53 Å². The average Bonchev–Trinajstić information content (AvgIpc) is 2.09. The van der Waals surface area contributed by atoms with Crippen LogP contribution in [0.1, 0.15) is 39.5 Å². The van der Waals surface area contributed by atoms with Crippen molar-refractivity contribution in [1.29, 1.82) is 0 Å². The van der Waals surface area contributed by atoms with Gasteiger partial charge in [-0.1, -0.05) is 20.3 Å². The van der Waals surface area contributed by atoms with E-state index < -0.39 is 0 Å². The van der Waals surface area contributed by atoms with Gasteiger partial charge in [0.25, 0.3) is 0 Å². The number of rotatable bonds is 3. The predicted octanol–water partition coefficient (Wildman–Crippen LogP) is 2.42. The minimum Gasteiger partial charge on any atom is -0.380 e. The zero-order valence-electron chi connectivity index (χ0n) is 8.88. The lowest BCUT2D eigenvalue weighted by molar-refractivity contribution is -0.131. The molecule has 0 heterocycles. The molecule has 13 heavy (non-hydrogen) atoms. The van der Waals surface area contributed by atoms with E-state index in [-0.39, 0.29) is 12.0 Å². The molecule has 1 aliphatic carbocycles. The number of carbonyl (C=O) groups is 1. The van der Waals surface area contributed by atoms with Gasteiger partial charge in [0.2, 0.25) is 0 Å². The summed E-state index contributed by atoms with van der Waals surface area (Å²) in [5.41, 5.74) is 0. The lowest BCUT2D eigenvalue weighted by Gasteiger charge is -2.30. The molecule has 0 bridgehead atoms. The maximum absolute atomic E-state index is 11.6. The summed E-state index contributed by atoms with van der Waals surface area (Å²) < 4.78 is 5.40. The van der Waals surface area contributed by atoms with Gasteiger partial charge in [0.1, 0.15) is 5.78 Å². The molecule has 1 saturated carbocycles. The van der Waals surface area contributed by atoms with Crippen LogP contribution < -0.4 is 0 Å². The minimum atomic E-state index is 0.132. The second-order valence-electron chi connectivity index (χ2n) is 4.26. The minimum absolute atomic E-state index is 0.132. The molecular weight excluding hydrogens is 164 g/mol. The molecule has 2 heteroatoms. The zero-order chi connectivity index (χ0) is 9.84. The number of Topliss-reactive ketones (excluding diaryl/α,β-unsaturated/α-hetero) is 1. The third-order valence-electron chi connectivity index (χ3n) is 2.93. The highest BCUT2D eigenvalue weighted by atomic mass is 16.5. The Morgan fingerprint density at radius 1 is 1.38 bits per heavy atom. The molecule has 1 rings (SSSR count). The molecule has 0 amide bonds. The average molecular weight is 184 g/mol. The lowest BCUT2D eigenvalue weighted by atomic mass is 9.80. The van der Waals surface area contributed by atoms with Crippen molar-refractivity contribution >= 4 is 5.78 Å². The Kier molecular flexibility index (Phi) is 3.91. The summed E-state index contributed by atoms with van der Waals surface area (Å²) in [5.74, 6) is 1.02. The molecule has 0 N–H and O–H groups in total. The van der Waals surface area contributed by atoms with Gasteiger partial charge in [0, 0.05) is 19.4 Å². The summed E-state index contributed by atoms with van der Waals surface area (Å²) in [4.78, 5) is 11.6. The van der Waals surface area contributed by atoms with Gasteiger partial charge in [-0.2, -0.15) is 0 Å². The van der Waals surface area contributed by atoms with Crippen LogP contribution in [0.3, 0.4) is 0 Å². The molecule has 2 nitrogen and oxygen atoms in total. The van der Waals surface area contributed by atoms with Gasteiger partial charge in [-0.25, -0.2) is 0 Å². The molecule has 2 unspecified atom stereocenters. The molecule has 1 fully saturated rings. The third kappa shape index (κ3) is 2.53. The normalized spacial score (nSPS) is 26.5. The Hall–Kier alpha value is -0.370. The smallest absolute Gasteiger partial charge is 0.138 e. The van der Waals surface area contributed by atoms with Crippen LogP contribution in [0.15, 0.2) is 0 Å². The Labute approximate surface area is 80.7 Å². The van der Waals surface area contributed by atoms with Crippen molar-refractivity contribution in [3.63, 3.8) is 0 Å². The van der Waals surface area contributed by atoms with Crippen LogP contribution in [0.2, 0.25) is 0 Å². The molecule has 0 radical (unpaired) electrons. The highest BCUT2D eigenvalue weighted by Crippen LogP contribution is 2.28. The van der Waals surface area contributed by atoms with Gasteiger partial charge in [0.15, 0.2) is 0 Å². The van der Waals surface area contributed by atoms with E-state index in [4.69, 9.17) is 4.74 Å². The molecule has 0 aliphatic heterocycles. The predicted molar refractivity (Wildman–Crippen MR) is 52.6 cm³/mol. The van der Waals surface area contributed by atoms with Crippen LogP contribution in [0.5, 0.6) is 0 Å². The van der Waals surface area contributed by atoms with E-state index in [1.165, 1.54) is 6.42 Å². The second kappa shape index (κ2) is 4.75. The van der Waals surface area contributed by atoms with E-state index in [9.17, 15) is 4.79 Å². The number of ketones is 1. The van der Waals surface area contributed by atoms with Crippen molar-refractivity contribution in [3.8, 4) is 0 Å². The Bertz CT molecular complexity index is 175. The van der Waals surface area contributed by atoms with E-state index in [2.05, 4.69) is 13.8 Å². The number of ether oxygens (including phenoxy) is 1. The summed E-state index contributed by atoms with van der Waals surface area (Å²) in [7, 11) is 1.71. The maximum Gasteiger partial charge on any atom is 0.138 e. The topological polar surface area (TPSA) is 26.3 Å². The lowest BCUT2D eigenvalue weighted by Crippen LogP contribution is -2.35. The Morgan fingerprint density at radius 3 is 2.54 bits per heavy atom. The SMILES string of the molecule is COC(C(C)C)C1CCCCC1=O. The number of hydrogen-bond donors (Lipinski definition) is 0. The van der Waals surface area contributed by atoms with Crippen molar-refractivity contribution in [2.24, 2.45) is 11.8 Å². The summed E-state index contributed by atoms with van der Waals surface area (Å²) >= 11 is 0. The van der Waals surface area contributed by atoms with E-state index in [0.717, 1.165) is 19.3 Å². The van der Waals surface area contributed by atoms with Crippen LogP contribution in [0, 0.1) is 11.8 Å². The summed E-state index contributed by atoms with van der Waals surface area (Å²) in [5, 5.41) is 0. The van der Waals surface area contributed by atoms with Crippen molar-refractivity contribution in [1.82, 2.24) is 0 Å². The highest BCUT2D eigenvalue weighted by Gasteiger charge is 2.31. The Morgan fingerprint density at radius 2 is 2.08 bits per heavy atom. The molecule has 0 saturated heterocycles. The molecule has 2 atom stereocenters. The largest absolute Gasteiger partial charge is 0.380 e. The van der Waals surface area contributed by atoms with Crippen LogP contribution in [-0.4, -0.2) is 19.0 Å². The quantitative estimate of drug-likeness (QED) is 0.673. The standard InChI is InChI=1S/C11H20O2/c1-8(2)11(13-3)9-6-4-5-7-10(9)12/h8-9,11H,4-7H2,1-3H3. The van der Waals surface area contributed by atoms with E-state index in [0.29, 0.717) is 11.7 Å². The van der Waals surface area contributed by atoms with Crippen LogP contribution in [0.25, 0.3) is 0 Å². The van der Waals surface area contributed by atoms with E-state index in [1.54, 1.807) is 7.11 Å². The summed E-state index contributed by atoms with van der Waals surface area (Å²) in [6.07, 6.45) is 4.17. The fourth-order valence-corrected chi connectivity index (χ4v) is 2.26. The van der Waals surface area contributed by atoms with E-state index in [1.807, 2.05) is 0 Å². The first-order chi connectivity index (χ1) is 6.16. The first kappa shape index (κ1) is 10.7. The van der Waals surface area contributed by atoms with Gasteiger partial charge in [-0.05, 0) is 18.8 Å². The zero-order valence-corrected chi connectivity index (χ0v) is 8.88. The van der Waals surface area contributed by atoms with Gasteiger partial charge >= 0.3 is 0 Å². The number of methoxy groups -OCH3 is 1. The number of carbonyl (C=O) groups excluding carboxylic acids is 1. The first-order valence-corrected chi connectivity index (χ1v) is 5.22. The van der Waals surface area contributed by atoms with Gasteiger partial charge < -0.3 is 4.74 Å². The van der Waals surface area contributed by atoms with Gasteiger partial charge in [0.05, 0.1) is 6.10 Å². The van der Waals surface area contributed by atoms with Crippen molar-refractivity contribution in [2.75, 3.05) is 7.11 Å².